The molecule has 20 heavy (non-hydrogen) atoms. The van der Waals surface area contributed by atoms with Crippen LogP contribution in [0.2, 0.25) is 0 Å². The van der Waals surface area contributed by atoms with Crippen LogP contribution in [0.3, 0.4) is 0 Å². The fourth-order valence-corrected chi connectivity index (χ4v) is 6.17. The molecular weight excluding hydrogens is 248 g/mol. The van der Waals surface area contributed by atoms with E-state index in [0.717, 1.165) is 23.7 Å². The molecule has 114 valence electrons. The van der Waals surface area contributed by atoms with Crippen molar-refractivity contribution in [3.8, 4) is 0 Å². The van der Waals surface area contributed by atoms with Crippen molar-refractivity contribution in [3.63, 3.8) is 0 Å². The van der Waals surface area contributed by atoms with E-state index in [0.29, 0.717) is 18.1 Å². The van der Waals surface area contributed by atoms with Gasteiger partial charge in [0.15, 0.2) is 0 Å². The monoisotopic (exact) mass is 278 g/mol. The first-order chi connectivity index (χ1) is 9.39. The third kappa shape index (κ3) is 1.64. The Hall–Kier alpha value is -0.0800. The zero-order valence-electron chi connectivity index (χ0n) is 13.7. The Morgan fingerprint density at radius 1 is 0.800 bits per heavy atom. The predicted molar refractivity (Wildman–Crippen MR) is 79.5 cm³/mol. The lowest BCUT2D eigenvalue weighted by Crippen LogP contribution is -2.45. The second-order valence-electron chi connectivity index (χ2n) is 8.75. The molecule has 0 amide bonds. The Balaban J connectivity index is 1.58. The molecule has 2 aliphatic heterocycles. The highest BCUT2D eigenvalue weighted by Gasteiger charge is 2.75. The largest absolute Gasteiger partial charge is 0.365 e. The quantitative estimate of drug-likeness (QED) is 0.712. The van der Waals surface area contributed by atoms with Gasteiger partial charge in [-0.15, -0.1) is 0 Å². The Morgan fingerprint density at radius 3 is 1.60 bits per heavy atom. The zero-order valence-corrected chi connectivity index (χ0v) is 13.7. The van der Waals surface area contributed by atoms with Crippen molar-refractivity contribution in [2.24, 2.45) is 29.6 Å². The summed E-state index contributed by atoms with van der Waals surface area (Å²) >= 11 is 0. The van der Waals surface area contributed by atoms with E-state index in [1.165, 1.54) is 25.7 Å². The van der Waals surface area contributed by atoms with Gasteiger partial charge in [0.05, 0.1) is 12.2 Å². The molecule has 0 radical (unpaired) electrons. The minimum atomic E-state index is 0.155. The first kappa shape index (κ1) is 13.6. The molecule has 8 unspecified atom stereocenters. The lowest BCUT2D eigenvalue weighted by Gasteiger charge is -2.37. The van der Waals surface area contributed by atoms with Crippen LogP contribution in [0.25, 0.3) is 0 Å². The molecule has 8 atom stereocenters. The Labute approximate surface area is 123 Å². The van der Waals surface area contributed by atoms with Gasteiger partial charge in [-0.3, -0.25) is 0 Å². The summed E-state index contributed by atoms with van der Waals surface area (Å²) in [6.45, 7) is 12.0. The lowest BCUT2D eigenvalue weighted by molar-refractivity contribution is 0.0906. The van der Waals surface area contributed by atoms with E-state index in [1.54, 1.807) is 0 Å². The van der Waals surface area contributed by atoms with Crippen LogP contribution in [0.5, 0.6) is 0 Å². The van der Waals surface area contributed by atoms with E-state index in [9.17, 15) is 0 Å². The van der Waals surface area contributed by atoms with E-state index >= 15 is 0 Å². The summed E-state index contributed by atoms with van der Waals surface area (Å²) in [5.74, 6) is 3.64. The van der Waals surface area contributed by atoms with Crippen LogP contribution >= 0.6 is 0 Å². The fraction of sp³-hybridized carbons (Fsp3) is 1.00. The van der Waals surface area contributed by atoms with E-state index in [-0.39, 0.29) is 11.2 Å². The summed E-state index contributed by atoms with van der Waals surface area (Å²) in [5, 5.41) is 0. The van der Waals surface area contributed by atoms with Gasteiger partial charge in [-0.2, -0.15) is 0 Å². The molecule has 2 saturated heterocycles. The third-order valence-electron chi connectivity index (χ3n) is 6.92. The second kappa shape index (κ2) is 4.01. The number of ether oxygens (including phenoxy) is 2. The van der Waals surface area contributed by atoms with Gasteiger partial charge in [-0.05, 0) is 49.4 Å². The molecule has 4 aliphatic rings. The molecule has 2 aliphatic carbocycles. The molecule has 0 spiro atoms. The molecule has 4 fully saturated rings. The molecule has 4 rings (SSSR count). The fourth-order valence-electron chi connectivity index (χ4n) is 6.17. The standard InChI is InChI=1S/C18H30O2/c1-10-6-12(3)15-17(8-10,19-15)14(5)18-9-11(2)7-13(4)16(18)20-18/h10-16H,6-9H2,1-5H3. The van der Waals surface area contributed by atoms with E-state index < -0.39 is 0 Å². The summed E-state index contributed by atoms with van der Waals surface area (Å²) in [7, 11) is 0. The van der Waals surface area contributed by atoms with Crippen molar-refractivity contribution in [2.75, 3.05) is 0 Å². The van der Waals surface area contributed by atoms with Crippen LogP contribution in [-0.4, -0.2) is 23.4 Å². The van der Waals surface area contributed by atoms with Crippen LogP contribution in [0, 0.1) is 29.6 Å². The summed E-state index contributed by atoms with van der Waals surface area (Å²) in [6.07, 6.45) is 6.21. The molecule has 0 bridgehead atoms. The van der Waals surface area contributed by atoms with Crippen LogP contribution in [0.15, 0.2) is 0 Å². The van der Waals surface area contributed by atoms with Crippen LogP contribution in [0.1, 0.15) is 60.3 Å². The first-order valence-electron chi connectivity index (χ1n) is 8.74. The van der Waals surface area contributed by atoms with E-state index in [2.05, 4.69) is 34.6 Å². The summed E-state index contributed by atoms with van der Waals surface area (Å²) in [4.78, 5) is 0. The molecule has 0 aromatic rings. The molecule has 0 N–H and O–H groups in total. The van der Waals surface area contributed by atoms with Crippen molar-refractivity contribution < 1.29 is 9.47 Å². The molecular formula is C18H30O2. The van der Waals surface area contributed by atoms with Gasteiger partial charge in [0.25, 0.3) is 0 Å². The summed E-state index contributed by atoms with van der Waals surface area (Å²) in [6, 6.07) is 0. The molecule has 2 heterocycles. The highest BCUT2D eigenvalue weighted by Crippen LogP contribution is 2.66. The van der Waals surface area contributed by atoms with Crippen LogP contribution in [-0.2, 0) is 9.47 Å². The van der Waals surface area contributed by atoms with Crippen LogP contribution < -0.4 is 0 Å². The lowest BCUT2D eigenvalue weighted by atomic mass is 9.63. The van der Waals surface area contributed by atoms with Gasteiger partial charge >= 0.3 is 0 Å². The maximum Gasteiger partial charge on any atom is 0.101 e. The third-order valence-corrected chi connectivity index (χ3v) is 6.92. The molecule has 2 saturated carbocycles. The topological polar surface area (TPSA) is 25.1 Å². The Kier molecular flexibility index (Phi) is 2.72. The van der Waals surface area contributed by atoms with Gasteiger partial charge in [-0.25, -0.2) is 0 Å². The summed E-state index contributed by atoms with van der Waals surface area (Å²) < 4.78 is 12.7. The maximum atomic E-state index is 6.35. The van der Waals surface area contributed by atoms with Gasteiger partial charge < -0.3 is 9.47 Å². The number of fused-ring (bicyclic) bond motifs is 2. The van der Waals surface area contributed by atoms with Crippen LogP contribution in [0.4, 0.5) is 0 Å². The van der Waals surface area contributed by atoms with Gasteiger partial charge in [0.2, 0.25) is 0 Å². The van der Waals surface area contributed by atoms with Gasteiger partial charge in [0.1, 0.15) is 11.2 Å². The second-order valence-corrected chi connectivity index (χ2v) is 8.75. The van der Waals surface area contributed by atoms with Crippen molar-refractivity contribution in [2.45, 2.75) is 83.7 Å². The SMILES string of the molecule is CC1CC(C)C2OC2(C(C)C23CC(C)CC(C)C2O3)C1. The number of epoxide rings is 2. The normalized spacial score (nSPS) is 62.2. The molecule has 0 aromatic heterocycles. The van der Waals surface area contributed by atoms with Crippen molar-refractivity contribution in [1.29, 1.82) is 0 Å². The number of hydrogen-bond acceptors (Lipinski definition) is 2. The molecule has 0 aromatic carbocycles. The molecule has 2 nitrogen and oxygen atoms in total. The smallest absolute Gasteiger partial charge is 0.101 e. The van der Waals surface area contributed by atoms with Crippen molar-refractivity contribution in [1.82, 2.24) is 0 Å². The average molecular weight is 278 g/mol. The minimum Gasteiger partial charge on any atom is -0.365 e. The predicted octanol–water partition coefficient (Wildman–Crippen LogP) is 4.03. The van der Waals surface area contributed by atoms with E-state index in [1.807, 2.05) is 0 Å². The maximum absolute atomic E-state index is 6.35. The summed E-state index contributed by atoms with van der Waals surface area (Å²) in [5.41, 5.74) is 0.311. The first-order valence-corrected chi connectivity index (χ1v) is 8.74. The van der Waals surface area contributed by atoms with Crippen molar-refractivity contribution in [3.05, 3.63) is 0 Å². The average Bonchev–Trinajstić information content (AvgIpc) is 3.21. The van der Waals surface area contributed by atoms with Crippen molar-refractivity contribution >= 4 is 0 Å². The number of hydrogen-bond donors (Lipinski definition) is 0. The van der Waals surface area contributed by atoms with Gasteiger partial charge in [-0.1, -0.05) is 34.6 Å². The highest BCUT2D eigenvalue weighted by molar-refractivity contribution is 5.22. The Bertz CT molecular complexity index is 384. The van der Waals surface area contributed by atoms with Gasteiger partial charge in [0, 0.05) is 5.92 Å². The Morgan fingerprint density at radius 2 is 1.20 bits per heavy atom. The molecule has 2 heteroatoms. The number of rotatable bonds is 2. The highest BCUT2D eigenvalue weighted by atomic mass is 16.6. The van der Waals surface area contributed by atoms with E-state index in [4.69, 9.17) is 9.47 Å². The minimum absolute atomic E-state index is 0.155. The zero-order chi connectivity index (χ0) is 14.3.